The van der Waals surface area contributed by atoms with Crippen LogP contribution in [0, 0.1) is 0 Å². The average molecular weight is 241 g/mol. The minimum absolute atomic E-state index is 0.0181. The number of nitrogens with zero attached hydrogens (tertiary/aromatic N) is 2. The SMILES string of the molecule is NNc1ncc(C(=O)N2CCCC2)cc1Cl. The number of pyridine rings is 1. The highest BCUT2D eigenvalue weighted by atomic mass is 35.5. The fourth-order valence-electron chi connectivity index (χ4n) is 1.76. The lowest BCUT2D eigenvalue weighted by molar-refractivity contribution is 0.0792. The molecule has 1 aliphatic heterocycles. The van der Waals surface area contributed by atoms with E-state index in [1.54, 1.807) is 6.07 Å². The standard InChI is InChI=1S/C10H13ClN4O/c11-8-5-7(6-13-9(8)14-12)10(16)15-3-1-2-4-15/h5-6H,1-4,12H2,(H,13,14). The van der Waals surface area contributed by atoms with Crippen molar-refractivity contribution in [3.8, 4) is 0 Å². The van der Waals surface area contributed by atoms with E-state index in [0.717, 1.165) is 25.9 Å². The number of nitrogen functional groups attached to an aromatic ring is 1. The second-order valence-corrected chi connectivity index (χ2v) is 4.11. The maximum Gasteiger partial charge on any atom is 0.255 e. The van der Waals surface area contributed by atoms with Gasteiger partial charge in [0.05, 0.1) is 10.6 Å². The Kier molecular flexibility index (Phi) is 3.26. The third kappa shape index (κ3) is 2.10. The summed E-state index contributed by atoms with van der Waals surface area (Å²) in [6.07, 6.45) is 3.62. The molecule has 0 saturated carbocycles. The molecule has 1 fully saturated rings. The van der Waals surface area contributed by atoms with Gasteiger partial charge in [-0.3, -0.25) is 4.79 Å². The molecule has 1 amide bonds. The predicted molar refractivity (Wildman–Crippen MR) is 62.2 cm³/mol. The van der Waals surface area contributed by atoms with E-state index in [9.17, 15) is 4.79 Å². The van der Waals surface area contributed by atoms with Gasteiger partial charge in [-0.2, -0.15) is 0 Å². The first-order chi connectivity index (χ1) is 7.72. The van der Waals surface area contributed by atoms with Crippen LogP contribution in [0.3, 0.4) is 0 Å². The van der Waals surface area contributed by atoms with Gasteiger partial charge < -0.3 is 10.3 Å². The molecule has 0 aliphatic carbocycles. The van der Waals surface area contributed by atoms with Crippen molar-refractivity contribution in [2.75, 3.05) is 18.5 Å². The summed E-state index contributed by atoms with van der Waals surface area (Å²) >= 11 is 5.90. The van der Waals surface area contributed by atoms with Crippen molar-refractivity contribution < 1.29 is 4.79 Å². The first-order valence-electron chi connectivity index (χ1n) is 5.14. The summed E-state index contributed by atoms with van der Waals surface area (Å²) in [7, 11) is 0. The number of amides is 1. The van der Waals surface area contributed by atoms with Gasteiger partial charge in [0.1, 0.15) is 0 Å². The molecule has 2 heterocycles. The Morgan fingerprint density at radius 3 is 2.75 bits per heavy atom. The second-order valence-electron chi connectivity index (χ2n) is 3.70. The minimum atomic E-state index is -0.0181. The Hall–Kier alpha value is -1.33. The van der Waals surface area contributed by atoms with E-state index in [1.165, 1.54) is 6.20 Å². The zero-order valence-corrected chi connectivity index (χ0v) is 9.50. The Morgan fingerprint density at radius 1 is 1.50 bits per heavy atom. The van der Waals surface area contributed by atoms with Gasteiger partial charge in [0.2, 0.25) is 0 Å². The van der Waals surface area contributed by atoms with Gasteiger partial charge in [-0.15, -0.1) is 0 Å². The third-order valence-electron chi connectivity index (χ3n) is 2.62. The van der Waals surface area contributed by atoms with Crippen LogP contribution >= 0.6 is 11.6 Å². The van der Waals surface area contributed by atoms with Crippen molar-refractivity contribution in [2.45, 2.75) is 12.8 Å². The van der Waals surface area contributed by atoms with Crippen molar-refractivity contribution in [1.29, 1.82) is 0 Å². The number of carbonyl (C=O) groups is 1. The second kappa shape index (κ2) is 4.67. The predicted octanol–water partition coefficient (Wildman–Crippen LogP) is 1.26. The first-order valence-corrected chi connectivity index (χ1v) is 5.51. The zero-order valence-electron chi connectivity index (χ0n) is 8.74. The lowest BCUT2D eigenvalue weighted by atomic mass is 10.2. The fraction of sp³-hybridized carbons (Fsp3) is 0.400. The molecule has 0 aromatic carbocycles. The van der Waals surface area contributed by atoms with Gasteiger partial charge in [0.25, 0.3) is 5.91 Å². The van der Waals surface area contributed by atoms with Gasteiger partial charge in [-0.1, -0.05) is 11.6 Å². The quantitative estimate of drug-likeness (QED) is 0.603. The van der Waals surface area contributed by atoms with E-state index < -0.39 is 0 Å². The summed E-state index contributed by atoms with van der Waals surface area (Å²) in [5.41, 5.74) is 2.87. The van der Waals surface area contributed by atoms with Crippen molar-refractivity contribution in [3.63, 3.8) is 0 Å². The molecule has 0 atom stereocenters. The van der Waals surface area contributed by atoms with Crippen molar-refractivity contribution in [1.82, 2.24) is 9.88 Å². The smallest absolute Gasteiger partial charge is 0.255 e. The average Bonchev–Trinajstić information content (AvgIpc) is 2.81. The summed E-state index contributed by atoms with van der Waals surface area (Å²) < 4.78 is 0. The van der Waals surface area contributed by atoms with Crippen molar-refractivity contribution in [2.24, 2.45) is 5.84 Å². The molecular weight excluding hydrogens is 228 g/mol. The van der Waals surface area contributed by atoms with Crippen LogP contribution < -0.4 is 11.3 Å². The molecule has 1 aliphatic rings. The topological polar surface area (TPSA) is 71.2 Å². The van der Waals surface area contributed by atoms with Gasteiger partial charge in [-0.25, -0.2) is 10.8 Å². The third-order valence-corrected chi connectivity index (χ3v) is 2.91. The van der Waals surface area contributed by atoms with Gasteiger partial charge in [0.15, 0.2) is 5.82 Å². The molecule has 1 aromatic heterocycles. The van der Waals surface area contributed by atoms with Crippen LogP contribution in [-0.4, -0.2) is 28.9 Å². The molecular formula is C10H13ClN4O. The number of rotatable bonds is 2. The molecule has 86 valence electrons. The number of anilines is 1. The fourth-order valence-corrected chi connectivity index (χ4v) is 1.98. The highest BCUT2D eigenvalue weighted by Crippen LogP contribution is 2.21. The van der Waals surface area contributed by atoms with E-state index in [4.69, 9.17) is 17.4 Å². The Morgan fingerprint density at radius 2 is 2.19 bits per heavy atom. The number of carbonyl (C=O) groups excluding carboxylic acids is 1. The van der Waals surface area contributed by atoms with Gasteiger partial charge in [0, 0.05) is 19.3 Å². The highest BCUT2D eigenvalue weighted by molar-refractivity contribution is 6.33. The van der Waals surface area contributed by atoms with E-state index >= 15 is 0 Å². The lowest BCUT2D eigenvalue weighted by Gasteiger charge is -2.15. The lowest BCUT2D eigenvalue weighted by Crippen LogP contribution is -2.27. The van der Waals surface area contributed by atoms with Crippen LogP contribution in [-0.2, 0) is 0 Å². The number of nitrogens with two attached hydrogens (primary N) is 1. The van der Waals surface area contributed by atoms with Crippen molar-refractivity contribution >= 4 is 23.3 Å². The maximum absolute atomic E-state index is 12.0. The normalized spacial score (nSPS) is 15.2. The molecule has 1 aromatic rings. The van der Waals surface area contributed by atoms with Crippen LogP contribution in [0.15, 0.2) is 12.3 Å². The number of nitrogens with one attached hydrogen (secondary N) is 1. The van der Waals surface area contributed by atoms with Crippen LogP contribution in [0.1, 0.15) is 23.2 Å². The molecule has 3 N–H and O–H groups in total. The number of hydrazine groups is 1. The zero-order chi connectivity index (χ0) is 11.5. The number of aromatic nitrogens is 1. The Balaban J connectivity index is 2.20. The van der Waals surface area contributed by atoms with Crippen molar-refractivity contribution in [3.05, 3.63) is 22.8 Å². The monoisotopic (exact) mass is 240 g/mol. The van der Waals surface area contributed by atoms with Crippen LogP contribution in [0.25, 0.3) is 0 Å². The van der Waals surface area contributed by atoms with Crippen LogP contribution in [0.2, 0.25) is 5.02 Å². The van der Waals surface area contributed by atoms with Crippen LogP contribution in [0.5, 0.6) is 0 Å². The summed E-state index contributed by atoms with van der Waals surface area (Å²) in [5.74, 6) is 5.56. The molecule has 0 spiro atoms. The summed E-state index contributed by atoms with van der Waals surface area (Å²) in [4.78, 5) is 17.8. The summed E-state index contributed by atoms with van der Waals surface area (Å²) in [6, 6.07) is 1.59. The molecule has 0 unspecified atom stereocenters. The largest absolute Gasteiger partial charge is 0.339 e. The van der Waals surface area contributed by atoms with Gasteiger partial charge in [-0.05, 0) is 18.9 Å². The molecule has 0 radical (unpaired) electrons. The molecule has 6 heteroatoms. The van der Waals surface area contributed by atoms with E-state index in [2.05, 4.69) is 10.4 Å². The molecule has 1 saturated heterocycles. The van der Waals surface area contributed by atoms with E-state index in [1.807, 2.05) is 4.90 Å². The minimum Gasteiger partial charge on any atom is -0.339 e. The Labute approximate surface area is 98.6 Å². The van der Waals surface area contributed by atoms with Crippen LogP contribution in [0.4, 0.5) is 5.82 Å². The number of hydrogen-bond donors (Lipinski definition) is 2. The van der Waals surface area contributed by atoms with Gasteiger partial charge >= 0.3 is 0 Å². The summed E-state index contributed by atoms with van der Waals surface area (Å²) in [6.45, 7) is 1.63. The van der Waals surface area contributed by atoms with E-state index in [0.29, 0.717) is 16.4 Å². The Bertz CT molecular complexity index is 404. The molecule has 5 nitrogen and oxygen atoms in total. The maximum atomic E-state index is 12.0. The summed E-state index contributed by atoms with van der Waals surface area (Å²) in [5, 5.41) is 0.354. The molecule has 0 bridgehead atoms. The molecule has 16 heavy (non-hydrogen) atoms. The van der Waals surface area contributed by atoms with E-state index in [-0.39, 0.29) is 5.91 Å². The first kappa shape index (κ1) is 11.2. The number of halogens is 1. The molecule has 2 rings (SSSR count). The number of likely N-dealkylation sites (tertiary alicyclic amines) is 1. The highest BCUT2D eigenvalue weighted by Gasteiger charge is 2.20. The number of hydrogen-bond acceptors (Lipinski definition) is 4.